The van der Waals surface area contributed by atoms with Crippen molar-refractivity contribution in [3.05, 3.63) is 27.7 Å². The second-order valence-electron chi connectivity index (χ2n) is 4.70. The van der Waals surface area contributed by atoms with Crippen molar-refractivity contribution in [3.63, 3.8) is 0 Å². The summed E-state index contributed by atoms with van der Waals surface area (Å²) in [6.45, 7) is 1.47. The summed E-state index contributed by atoms with van der Waals surface area (Å²) < 4.78 is 27.0. The van der Waals surface area contributed by atoms with Gasteiger partial charge in [-0.2, -0.15) is 0 Å². The molecule has 7 heteroatoms. The average molecular weight is 310 g/mol. The van der Waals surface area contributed by atoms with Crippen LogP contribution in [0.5, 0.6) is 0 Å². The molecule has 1 aliphatic rings. The molecule has 4 nitrogen and oxygen atoms in total. The number of rotatable bonds is 4. The third-order valence-electron chi connectivity index (χ3n) is 2.92. The third kappa shape index (κ3) is 2.81. The van der Waals surface area contributed by atoms with Gasteiger partial charge in [-0.25, -0.2) is 13.1 Å². The van der Waals surface area contributed by atoms with Crippen LogP contribution in [0, 0.1) is 0 Å². The second kappa shape index (κ2) is 4.65. The van der Waals surface area contributed by atoms with Gasteiger partial charge in [-0.05, 0) is 37.5 Å². The Morgan fingerprint density at radius 3 is 2.50 bits per heavy atom. The summed E-state index contributed by atoms with van der Waals surface area (Å²) in [4.78, 5) is -0.0890. The van der Waals surface area contributed by atoms with Crippen molar-refractivity contribution in [1.29, 1.82) is 0 Å². The van der Waals surface area contributed by atoms with E-state index in [1.54, 1.807) is 0 Å². The molecule has 2 N–H and O–H groups in total. The van der Waals surface area contributed by atoms with Crippen LogP contribution in [0.25, 0.3) is 0 Å². The first-order chi connectivity index (χ1) is 8.27. The molecule has 2 rings (SSSR count). The van der Waals surface area contributed by atoms with Crippen LogP contribution in [0.3, 0.4) is 0 Å². The van der Waals surface area contributed by atoms with Gasteiger partial charge in [-0.1, -0.05) is 23.2 Å². The van der Waals surface area contributed by atoms with Crippen LogP contribution in [0.2, 0.25) is 10.0 Å². The van der Waals surface area contributed by atoms with Gasteiger partial charge in [0, 0.05) is 10.6 Å². The van der Waals surface area contributed by atoms with E-state index in [-0.39, 0.29) is 27.1 Å². The molecule has 0 atom stereocenters. The highest BCUT2D eigenvalue weighted by atomic mass is 35.5. The largest absolute Gasteiger partial charge is 0.392 e. The van der Waals surface area contributed by atoms with Gasteiger partial charge in [0.05, 0.1) is 11.6 Å². The van der Waals surface area contributed by atoms with E-state index >= 15 is 0 Å². The molecule has 0 spiro atoms. The zero-order valence-corrected chi connectivity index (χ0v) is 12.0. The molecule has 18 heavy (non-hydrogen) atoms. The molecule has 0 unspecified atom stereocenters. The normalized spacial score (nSPS) is 17.8. The molecule has 1 aliphatic carbocycles. The van der Waals surface area contributed by atoms with Gasteiger partial charge in [0.2, 0.25) is 10.0 Å². The number of hydrogen-bond donors (Lipinski definition) is 2. The first-order valence-corrected chi connectivity index (χ1v) is 7.64. The number of nitrogens with one attached hydrogen (secondary N) is 1. The minimum Gasteiger partial charge on any atom is -0.392 e. The van der Waals surface area contributed by atoms with Crippen molar-refractivity contribution in [1.82, 2.24) is 4.72 Å². The molecule has 0 bridgehead atoms. The van der Waals surface area contributed by atoms with Crippen molar-refractivity contribution in [2.75, 3.05) is 0 Å². The fourth-order valence-corrected chi connectivity index (χ4v) is 3.99. The van der Waals surface area contributed by atoms with Crippen LogP contribution in [-0.4, -0.2) is 19.1 Å². The van der Waals surface area contributed by atoms with Crippen molar-refractivity contribution in [2.45, 2.75) is 36.8 Å². The average Bonchev–Trinajstić information content (AvgIpc) is 2.97. The van der Waals surface area contributed by atoms with Crippen LogP contribution in [0.1, 0.15) is 25.3 Å². The first kappa shape index (κ1) is 14.1. The summed E-state index contributed by atoms with van der Waals surface area (Å²) in [7, 11) is -3.72. The molecule has 1 fully saturated rings. The molecule has 0 amide bonds. The molecule has 0 radical (unpaired) electrons. The minimum absolute atomic E-state index is 0.0126. The smallest absolute Gasteiger partial charge is 0.242 e. The molecule has 1 saturated carbocycles. The number of benzene rings is 1. The maximum Gasteiger partial charge on any atom is 0.242 e. The van der Waals surface area contributed by atoms with E-state index in [1.165, 1.54) is 12.1 Å². The van der Waals surface area contributed by atoms with Crippen molar-refractivity contribution >= 4 is 33.2 Å². The Bertz CT molecular complexity index is 582. The first-order valence-electron chi connectivity index (χ1n) is 5.40. The lowest BCUT2D eigenvalue weighted by Gasteiger charge is -2.14. The number of sulfonamides is 1. The van der Waals surface area contributed by atoms with Gasteiger partial charge in [0.25, 0.3) is 0 Å². The Labute approximate surface area is 116 Å². The topological polar surface area (TPSA) is 66.4 Å². The van der Waals surface area contributed by atoms with E-state index in [4.69, 9.17) is 28.3 Å². The molecule has 0 saturated heterocycles. The van der Waals surface area contributed by atoms with Crippen LogP contribution < -0.4 is 4.72 Å². The summed E-state index contributed by atoms with van der Waals surface area (Å²) in [6, 6.07) is 2.73. The fraction of sp³-hybridized carbons (Fsp3) is 0.455. The van der Waals surface area contributed by atoms with Crippen LogP contribution >= 0.6 is 23.2 Å². The standard InChI is InChI=1S/C11H13Cl2NO3S/c1-11(2-3-11)14-18(16,17)9-5-8(12)4-7(6-15)10(9)13/h4-5,14-15H,2-3,6H2,1H3. The highest BCUT2D eigenvalue weighted by molar-refractivity contribution is 7.89. The lowest BCUT2D eigenvalue weighted by molar-refractivity contribution is 0.281. The van der Waals surface area contributed by atoms with Crippen LogP contribution in [-0.2, 0) is 16.6 Å². The summed E-state index contributed by atoms with van der Waals surface area (Å²) in [5.41, 5.74) is -0.0883. The lowest BCUT2D eigenvalue weighted by Crippen LogP contribution is -2.34. The van der Waals surface area contributed by atoms with Gasteiger partial charge in [0.1, 0.15) is 4.90 Å². The highest BCUT2D eigenvalue weighted by Gasteiger charge is 2.41. The molecule has 0 aliphatic heterocycles. The quantitative estimate of drug-likeness (QED) is 0.897. The summed E-state index contributed by atoms with van der Waals surface area (Å²) in [5, 5.41) is 9.36. The molecular formula is C11H13Cl2NO3S. The minimum atomic E-state index is -3.72. The van der Waals surface area contributed by atoms with Crippen molar-refractivity contribution in [2.24, 2.45) is 0 Å². The Kier molecular flexibility index (Phi) is 3.64. The van der Waals surface area contributed by atoms with E-state index in [1.807, 2.05) is 6.92 Å². The third-order valence-corrected chi connectivity index (χ3v) is 5.36. The fourth-order valence-electron chi connectivity index (χ4n) is 1.60. The SMILES string of the molecule is CC1(NS(=O)(=O)c2cc(Cl)cc(CO)c2Cl)CC1. The predicted octanol–water partition coefficient (Wildman–Crippen LogP) is 2.32. The molecule has 100 valence electrons. The maximum absolute atomic E-state index is 12.2. The van der Waals surface area contributed by atoms with Crippen LogP contribution in [0.4, 0.5) is 0 Å². The Morgan fingerprint density at radius 2 is 2.00 bits per heavy atom. The predicted molar refractivity (Wildman–Crippen MR) is 70.3 cm³/mol. The molecule has 1 aromatic rings. The van der Waals surface area contributed by atoms with Crippen molar-refractivity contribution in [3.8, 4) is 0 Å². The van der Waals surface area contributed by atoms with Gasteiger partial charge in [0.15, 0.2) is 0 Å². The van der Waals surface area contributed by atoms with Gasteiger partial charge >= 0.3 is 0 Å². The molecule has 1 aromatic carbocycles. The van der Waals surface area contributed by atoms with Crippen LogP contribution in [0.15, 0.2) is 17.0 Å². The number of aliphatic hydroxyl groups excluding tert-OH is 1. The van der Waals surface area contributed by atoms with E-state index in [2.05, 4.69) is 4.72 Å². The zero-order valence-electron chi connectivity index (χ0n) is 9.70. The van der Waals surface area contributed by atoms with Crippen molar-refractivity contribution < 1.29 is 13.5 Å². The summed E-state index contributed by atoms with van der Waals surface area (Å²) >= 11 is 11.8. The molecule has 0 heterocycles. The van der Waals surface area contributed by atoms with Gasteiger partial charge < -0.3 is 5.11 Å². The molecule has 0 aromatic heterocycles. The van der Waals surface area contributed by atoms with E-state index in [0.717, 1.165) is 12.8 Å². The molecular weight excluding hydrogens is 297 g/mol. The van der Waals surface area contributed by atoms with E-state index < -0.39 is 10.0 Å². The Balaban J connectivity index is 2.46. The second-order valence-corrected chi connectivity index (χ2v) is 7.17. The number of hydrogen-bond acceptors (Lipinski definition) is 3. The number of halogens is 2. The highest BCUT2D eigenvalue weighted by Crippen LogP contribution is 2.37. The zero-order chi connectivity index (χ0) is 13.6. The van der Waals surface area contributed by atoms with Gasteiger partial charge in [-0.15, -0.1) is 0 Å². The Morgan fingerprint density at radius 1 is 1.39 bits per heavy atom. The number of aliphatic hydroxyl groups is 1. The van der Waals surface area contributed by atoms with E-state index in [9.17, 15) is 8.42 Å². The summed E-state index contributed by atoms with van der Waals surface area (Å²) in [6.07, 6.45) is 1.61. The van der Waals surface area contributed by atoms with Gasteiger partial charge in [-0.3, -0.25) is 0 Å². The Hall–Kier alpha value is -0.330. The summed E-state index contributed by atoms with van der Waals surface area (Å²) in [5.74, 6) is 0. The van der Waals surface area contributed by atoms with E-state index in [0.29, 0.717) is 5.56 Å². The maximum atomic E-state index is 12.2. The monoisotopic (exact) mass is 309 g/mol. The lowest BCUT2D eigenvalue weighted by atomic mass is 10.2.